The minimum Gasteiger partial charge on any atom is -0.467 e. The normalized spacial score (nSPS) is 19.0. The SMILES string of the molecule is COC(=O)[C@@H]1CCCN1C(=O)[C@H](Cc1ccccc1)NC(=O)[C@@H](C)[C@@H](O[Si](C(C)C)(C(C)C)C(C)C)/C(C)=C/[C@H](C)CC[C@@H](C)O[Si](C)(C)C(C)(C)C. The number of allylic oxidation sites excluding steroid dienone is 1. The van der Waals surface area contributed by atoms with E-state index in [2.05, 4.69) is 108 Å². The topological polar surface area (TPSA) is 94.2 Å². The molecule has 1 aromatic carbocycles. The van der Waals surface area contributed by atoms with E-state index in [1.54, 1.807) is 4.90 Å². The summed E-state index contributed by atoms with van der Waals surface area (Å²) >= 11 is 0. The van der Waals surface area contributed by atoms with E-state index in [1.807, 2.05) is 37.3 Å². The fourth-order valence-electron chi connectivity index (χ4n) is 8.18. The second-order valence-electron chi connectivity index (χ2n) is 18.3. The van der Waals surface area contributed by atoms with Gasteiger partial charge in [0, 0.05) is 19.1 Å². The average molecular weight is 773 g/mol. The van der Waals surface area contributed by atoms with E-state index < -0.39 is 46.7 Å². The van der Waals surface area contributed by atoms with Crippen molar-refractivity contribution in [2.24, 2.45) is 11.8 Å². The number of esters is 1. The van der Waals surface area contributed by atoms with Crippen LogP contribution in [0.15, 0.2) is 42.0 Å². The van der Waals surface area contributed by atoms with Crippen LogP contribution in [0, 0.1) is 11.8 Å². The first-order chi connectivity index (χ1) is 24.5. The number of nitrogens with zero attached hydrogens (tertiary/aromatic N) is 1. The fourth-order valence-corrected chi connectivity index (χ4v) is 15.3. The van der Waals surface area contributed by atoms with Gasteiger partial charge in [0.2, 0.25) is 20.1 Å². The summed E-state index contributed by atoms with van der Waals surface area (Å²) in [5, 5.41) is 3.33. The maximum atomic E-state index is 14.5. The first kappa shape index (κ1) is 46.9. The van der Waals surface area contributed by atoms with Gasteiger partial charge in [-0.3, -0.25) is 9.59 Å². The molecule has 1 saturated heterocycles. The first-order valence-corrected chi connectivity index (χ1v) is 25.3. The van der Waals surface area contributed by atoms with Crippen molar-refractivity contribution >= 4 is 34.4 Å². The largest absolute Gasteiger partial charge is 0.467 e. The minimum absolute atomic E-state index is 0.159. The molecule has 53 heavy (non-hydrogen) atoms. The second-order valence-corrected chi connectivity index (χ2v) is 28.4. The Morgan fingerprint density at radius 1 is 0.906 bits per heavy atom. The molecule has 1 aliphatic heterocycles. The van der Waals surface area contributed by atoms with E-state index in [4.69, 9.17) is 13.6 Å². The predicted octanol–water partition coefficient (Wildman–Crippen LogP) is 9.85. The van der Waals surface area contributed by atoms with Crippen molar-refractivity contribution in [1.82, 2.24) is 10.2 Å². The third kappa shape index (κ3) is 12.4. The molecule has 10 heteroatoms. The number of carbonyl (C=O) groups is 3. The lowest BCUT2D eigenvalue weighted by molar-refractivity contribution is -0.152. The molecule has 8 nitrogen and oxygen atoms in total. The van der Waals surface area contributed by atoms with Gasteiger partial charge in [-0.25, -0.2) is 4.79 Å². The van der Waals surface area contributed by atoms with Crippen molar-refractivity contribution in [2.45, 2.75) is 181 Å². The Balaban J connectivity index is 2.48. The number of rotatable bonds is 19. The molecule has 0 unspecified atom stereocenters. The number of carbonyl (C=O) groups excluding carboxylic acids is 3. The molecule has 0 aromatic heterocycles. The maximum absolute atomic E-state index is 14.5. The highest BCUT2D eigenvalue weighted by Crippen LogP contribution is 2.45. The molecular formula is C43H76N2O6Si2. The minimum atomic E-state index is -2.43. The van der Waals surface area contributed by atoms with Crippen LogP contribution < -0.4 is 5.32 Å². The smallest absolute Gasteiger partial charge is 0.328 e. The van der Waals surface area contributed by atoms with Crippen molar-refractivity contribution in [3.63, 3.8) is 0 Å². The van der Waals surface area contributed by atoms with Gasteiger partial charge in [0.25, 0.3) is 0 Å². The molecular weight excluding hydrogens is 697 g/mol. The van der Waals surface area contributed by atoms with Crippen LogP contribution in [0.4, 0.5) is 0 Å². The van der Waals surface area contributed by atoms with E-state index in [0.29, 0.717) is 42.4 Å². The van der Waals surface area contributed by atoms with E-state index in [-0.39, 0.29) is 28.9 Å². The van der Waals surface area contributed by atoms with Gasteiger partial charge in [0.1, 0.15) is 12.1 Å². The fraction of sp³-hybridized carbons (Fsp3) is 0.744. The molecule has 0 spiro atoms. The van der Waals surface area contributed by atoms with Crippen LogP contribution in [-0.4, -0.2) is 77.3 Å². The first-order valence-electron chi connectivity index (χ1n) is 20.3. The van der Waals surface area contributed by atoms with Gasteiger partial charge in [-0.05, 0) is 91.3 Å². The van der Waals surface area contributed by atoms with Crippen molar-refractivity contribution in [1.29, 1.82) is 0 Å². The zero-order valence-electron chi connectivity index (χ0n) is 36.3. The molecule has 0 saturated carbocycles. The Labute approximate surface area is 325 Å². The van der Waals surface area contributed by atoms with Gasteiger partial charge in [-0.1, -0.05) is 113 Å². The molecule has 2 rings (SSSR count). The van der Waals surface area contributed by atoms with E-state index in [1.165, 1.54) is 7.11 Å². The summed E-state index contributed by atoms with van der Waals surface area (Å²) in [4.78, 5) is 43.0. The molecule has 0 bridgehead atoms. The van der Waals surface area contributed by atoms with Crippen molar-refractivity contribution in [2.75, 3.05) is 13.7 Å². The number of hydrogen-bond acceptors (Lipinski definition) is 6. The van der Waals surface area contributed by atoms with Gasteiger partial charge >= 0.3 is 5.97 Å². The van der Waals surface area contributed by atoms with Gasteiger partial charge < -0.3 is 23.8 Å². The maximum Gasteiger partial charge on any atom is 0.328 e. The molecule has 1 heterocycles. The summed E-state index contributed by atoms with van der Waals surface area (Å²) in [6, 6.07) is 8.24. The second kappa shape index (κ2) is 20.1. The summed E-state index contributed by atoms with van der Waals surface area (Å²) in [6.45, 7) is 34.0. The lowest BCUT2D eigenvalue weighted by Crippen LogP contribution is -2.56. The third-order valence-corrected chi connectivity index (χ3v) is 22.8. The van der Waals surface area contributed by atoms with Crippen LogP contribution in [0.3, 0.4) is 0 Å². The Morgan fingerprint density at radius 2 is 1.47 bits per heavy atom. The number of hydrogen-bond donors (Lipinski definition) is 1. The molecule has 0 aliphatic carbocycles. The van der Waals surface area contributed by atoms with Crippen molar-refractivity contribution in [3.8, 4) is 0 Å². The zero-order chi connectivity index (χ0) is 40.5. The number of amides is 2. The monoisotopic (exact) mass is 773 g/mol. The van der Waals surface area contributed by atoms with Crippen molar-refractivity contribution < 1.29 is 28.0 Å². The van der Waals surface area contributed by atoms with Crippen molar-refractivity contribution in [3.05, 3.63) is 47.5 Å². The van der Waals surface area contributed by atoms with Gasteiger partial charge in [-0.2, -0.15) is 0 Å². The number of ether oxygens (including phenoxy) is 1. The molecule has 0 radical (unpaired) electrons. The van der Waals surface area contributed by atoms with Crippen LogP contribution in [0.25, 0.3) is 0 Å². The summed E-state index contributed by atoms with van der Waals surface area (Å²) in [6.07, 6.45) is 5.50. The molecule has 1 N–H and O–H groups in total. The highest BCUT2D eigenvalue weighted by molar-refractivity contribution is 6.77. The number of benzene rings is 1. The van der Waals surface area contributed by atoms with Crippen LogP contribution in [-0.2, 0) is 34.4 Å². The van der Waals surface area contributed by atoms with E-state index >= 15 is 0 Å². The van der Waals surface area contributed by atoms with Gasteiger partial charge in [-0.15, -0.1) is 0 Å². The zero-order valence-corrected chi connectivity index (χ0v) is 38.3. The molecule has 1 aliphatic rings. The predicted molar refractivity (Wildman–Crippen MR) is 224 cm³/mol. The van der Waals surface area contributed by atoms with Gasteiger partial charge in [0.05, 0.1) is 19.1 Å². The average Bonchev–Trinajstić information content (AvgIpc) is 3.56. The molecule has 302 valence electrons. The Hall–Kier alpha value is -2.28. The molecule has 1 aromatic rings. The van der Waals surface area contributed by atoms with Crippen LogP contribution >= 0.6 is 0 Å². The van der Waals surface area contributed by atoms with Crippen LogP contribution in [0.5, 0.6) is 0 Å². The lowest BCUT2D eigenvalue weighted by Gasteiger charge is -2.46. The van der Waals surface area contributed by atoms with Crippen LogP contribution in [0.1, 0.15) is 121 Å². The Bertz CT molecular complexity index is 1330. The molecule has 6 atom stereocenters. The standard InChI is InChI=1S/C43H76N2O6Si2/c1-29(2)53(30(3)4,31(5)6)51-39(33(8)27-32(7)24-25-34(9)50-52(15,16)43(11,12)13)35(10)40(46)44-37(28-36-21-18-17-19-22-36)41(47)45-26-20-23-38(45)42(48)49-14/h17-19,21-22,27,29-32,34-35,37-39H,20,23-26,28H2,1-16H3,(H,44,46)/b33-27+/t32-,34-,35+,37+,38+,39+/m1/s1. The van der Waals surface area contributed by atoms with Crippen LogP contribution in [0.2, 0.25) is 34.8 Å². The lowest BCUT2D eigenvalue weighted by atomic mass is 9.92. The quantitative estimate of drug-likeness (QED) is 0.0855. The third-order valence-electron chi connectivity index (χ3n) is 12.1. The van der Waals surface area contributed by atoms with E-state index in [9.17, 15) is 14.4 Å². The Kier molecular flexibility index (Phi) is 17.7. The highest BCUT2D eigenvalue weighted by atomic mass is 28.4. The summed E-state index contributed by atoms with van der Waals surface area (Å²) in [7, 11) is -2.95. The molecule has 2 amide bonds. The molecule has 1 fully saturated rings. The van der Waals surface area contributed by atoms with E-state index in [0.717, 1.165) is 24.0 Å². The number of likely N-dealkylation sites (tertiary alicyclic amines) is 1. The Morgan fingerprint density at radius 3 is 1.98 bits per heavy atom. The van der Waals surface area contributed by atoms with Gasteiger partial charge in [0.15, 0.2) is 8.32 Å². The summed E-state index contributed by atoms with van der Waals surface area (Å²) < 4.78 is 19.2. The highest BCUT2D eigenvalue weighted by Gasteiger charge is 2.48. The summed E-state index contributed by atoms with van der Waals surface area (Å²) in [5.41, 5.74) is 2.97. The summed E-state index contributed by atoms with van der Waals surface area (Å²) in [5.74, 6) is -1.22. The number of methoxy groups -OCH3 is 1. The number of nitrogens with one attached hydrogen (secondary N) is 1.